The van der Waals surface area contributed by atoms with Crippen LogP contribution in [0.15, 0.2) is 0 Å². The fourth-order valence-corrected chi connectivity index (χ4v) is 0.835. The topological polar surface area (TPSA) is 144 Å². The number of nitrogens with zero attached hydrogens (tertiary/aromatic N) is 2. The van der Waals surface area contributed by atoms with Gasteiger partial charge in [-0.2, -0.15) is 9.71 Å². The van der Waals surface area contributed by atoms with E-state index in [2.05, 4.69) is 10.3 Å². The Hall–Kier alpha value is -1.96. The van der Waals surface area contributed by atoms with E-state index in [1.54, 1.807) is 0 Å². The summed E-state index contributed by atoms with van der Waals surface area (Å²) >= 11 is 0. The number of nitrogens with two attached hydrogens (primary N) is 2. The maximum atomic E-state index is 11.1. The van der Waals surface area contributed by atoms with Crippen molar-refractivity contribution >= 4 is 17.5 Å². The second-order valence-corrected chi connectivity index (χ2v) is 2.50. The zero-order chi connectivity index (χ0) is 10.7. The van der Waals surface area contributed by atoms with Crippen LogP contribution in [0.5, 0.6) is 5.88 Å². The lowest BCUT2D eigenvalue weighted by Gasteiger charge is -2.12. The summed E-state index contributed by atoms with van der Waals surface area (Å²) in [5.41, 5.74) is 10.5. The molecular formula is C6H11N5O3. The van der Waals surface area contributed by atoms with Gasteiger partial charge in [0.1, 0.15) is 0 Å². The number of hydrogen-bond donors (Lipinski definition) is 5. The van der Waals surface area contributed by atoms with Crippen molar-refractivity contribution in [1.29, 1.82) is 0 Å². The maximum absolute atomic E-state index is 11.1. The molecule has 0 aromatic carbocycles. The highest BCUT2D eigenvalue weighted by Gasteiger charge is 2.15. The lowest BCUT2D eigenvalue weighted by Crippen LogP contribution is -2.33. The molecule has 1 aromatic heterocycles. The van der Waals surface area contributed by atoms with E-state index in [9.17, 15) is 10.3 Å². The molecule has 0 aliphatic heterocycles. The van der Waals surface area contributed by atoms with Gasteiger partial charge in [-0.1, -0.05) is 0 Å². The van der Waals surface area contributed by atoms with E-state index in [4.69, 9.17) is 16.6 Å². The minimum absolute atomic E-state index is 0.0576. The van der Waals surface area contributed by atoms with Crippen LogP contribution in [-0.4, -0.2) is 28.3 Å². The normalized spacial score (nSPS) is 10.1. The lowest BCUT2D eigenvalue weighted by molar-refractivity contribution is -0.597. The fourth-order valence-electron chi connectivity index (χ4n) is 0.835. The van der Waals surface area contributed by atoms with Crippen LogP contribution in [0, 0.1) is 5.21 Å². The zero-order valence-corrected chi connectivity index (χ0v) is 7.27. The molecule has 1 rings (SSSR count). The zero-order valence-electron chi connectivity index (χ0n) is 7.27. The van der Waals surface area contributed by atoms with Crippen LogP contribution in [0.3, 0.4) is 0 Å². The molecule has 8 heteroatoms. The first-order valence-corrected chi connectivity index (χ1v) is 3.80. The molecule has 0 unspecified atom stereocenters. The van der Waals surface area contributed by atoms with Gasteiger partial charge in [0.25, 0.3) is 0 Å². The molecule has 0 saturated carbocycles. The van der Waals surface area contributed by atoms with E-state index in [0.29, 0.717) is 0 Å². The first-order chi connectivity index (χ1) is 6.57. The van der Waals surface area contributed by atoms with Gasteiger partial charge < -0.3 is 26.5 Å². The summed E-state index contributed by atoms with van der Waals surface area (Å²) in [4.78, 5) is 3.63. The number of anilines is 3. The molecule has 0 aliphatic carbocycles. The molecule has 0 amide bonds. The molecule has 1 aromatic rings. The smallest absolute Gasteiger partial charge is 0.329 e. The van der Waals surface area contributed by atoms with Gasteiger partial charge in [0.05, 0.1) is 6.61 Å². The number of aromatic nitrogens is 2. The molecule has 0 atom stereocenters. The Labute approximate surface area is 79.4 Å². The van der Waals surface area contributed by atoms with Crippen LogP contribution in [-0.2, 0) is 0 Å². The van der Waals surface area contributed by atoms with Gasteiger partial charge in [0.15, 0.2) is 0 Å². The summed E-state index contributed by atoms with van der Waals surface area (Å²) in [6.45, 7) is -0.0197. The summed E-state index contributed by atoms with van der Waals surface area (Å²) < 4.78 is 0.0576. The molecule has 14 heavy (non-hydrogen) atoms. The van der Waals surface area contributed by atoms with Crippen LogP contribution in [0.4, 0.5) is 17.5 Å². The Kier molecular flexibility index (Phi) is 2.77. The van der Waals surface area contributed by atoms with Gasteiger partial charge in [-0.3, -0.25) is 5.73 Å². The van der Waals surface area contributed by atoms with Crippen molar-refractivity contribution in [2.24, 2.45) is 0 Å². The predicted octanol–water partition coefficient (Wildman–Crippen LogP) is -2.01. The van der Waals surface area contributed by atoms with E-state index in [-0.39, 0.29) is 35.3 Å². The highest BCUT2D eigenvalue weighted by atomic mass is 16.5. The van der Waals surface area contributed by atoms with E-state index in [1.807, 2.05) is 0 Å². The molecule has 0 saturated heterocycles. The van der Waals surface area contributed by atoms with Crippen molar-refractivity contribution in [1.82, 2.24) is 4.98 Å². The minimum Gasteiger partial charge on any atom is -0.708 e. The molecular weight excluding hydrogens is 190 g/mol. The third kappa shape index (κ3) is 1.69. The van der Waals surface area contributed by atoms with Crippen LogP contribution in [0.25, 0.3) is 0 Å². The van der Waals surface area contributed by atoms with Gasteiger partial charge in [0, 0.05) is 6.54 Å². The maximum Gasteiger partial charge on any atom is 0.329 e. The molecule has 0 radical (unpaired) electrons. The summed E-state index contributed by atoms with van der Waals surface area (Å²) in [5, 5.41) is 31.3. The average molecular weight is 201 g/mol. The first-order valence-electron chi connectivity index (χ1n) is 3.80. The fraction of sp³-hybridized carbons (Fsp3) is 0.333. The van der Waals surface area contributed by atoms with E-state index < -0.39 is 5.88 Å². The molecule has 78 valence electrons. The molecule has 0 aliphatic rings. The molecule has 0 spiro atoms. The summed E-state index contributed by atoms with van der Waals surface area (Å²) in [7, 11) is 0. The lowest BCUT2D eigenvalue weighted by atomic mass is 10.5. The molecule has 0 fully saturated rings. The highest BCUT2D eigenvalue weighted by Crippen LogP contribution is 2.19. The molecule has 0 bridgehead atoms. The molecule has 8 nitrogen and oxygen atoms in total. The second-order valence-electron chi connectivity index (χ2n) is 2.50. The standard InChI is InChI=1S/C6H11N5O3/c7-3-4(8)11(14)6(13)5(10-3)9-1-2-12/h12-13H,1-2,8H2,(H3,7,9,10). The summed E-state index contributed by atoms with van der Waals surface area (Å²) in [6, 6.07) is 0. The van der Waals surface area contributed by atoms with Crippen LogP contribution in [0.1, 0.15) is 0 Å². The summed E-state index contributed by atoms with van der Waals surface area (Å²) in [5.74, 6) is -1.33. The van der Waals surface area contributed by atoms with Gasteiger partial charge in [0.2, 0.25) is 11.6 Å². The van der Waals surface area contributed by atoms with Crippen molar-refractivity contribution in [3.63, 3.8) is 0 Å². The van der Waals surface area contributed by atoms with Gasteiger partial charge in [-0.05, 0) is 0 Å². The first kappa shape index (κ1) is 10.1. The Balaban J connectivity index is 3.06. The Morgan fingerprint density at radius 2 is 2.14 bits per heavy atom. The van der Waals surface area contributed by atoms with Gasteiger partial charge in [-0.15, -0.1) is 0 Å². The highest BCUT2D eigenvalue weighted by molar-refractivity contribution is 5.55. The van der Waals surface area contributed by atoms with Gasteiger partial charge >= 0.3 is 11.7 Å². The predicted molar refractivity (Wildman–Crippen MR) is 49.3 cm³/mol. The minimum atomic E-state index is -0.676. The number of rotatable bonds is 3. The number of nitrogens with one attached hydrogen (secondary N) is 1. The largest absolute Gasteiger partial charge is 0.708 e. The monoisotopic (exact) mass is 201 g/mol. The number of hydrogen-bond acceptors (Lipinski definition) is 7. The number of nitrogen functional groups attached to an aromatic ring is 2. The second kappa shape index (κ2) is 3.83. The van der Waals surface area contributed by atoms with Crippen LogP contribution >= 0.6 is 0 Å². The number of aliphatic hydroxyl groups is 1. The Bertz CT molecular complexity index is 343. The Morgan fingerprint density at radius 3 is 2.71 bits per heavy atom. The van der Waals surface area contributed by atoms with E-state index >= 15 is 0 Å². The van der Waals surface area contributed by atoms with Crippen LogP contribution < -0.4 is 21.5 Å². The molecule has 7 N–H and O–H groups in total. The SMILES string of the molecule is Nc1nc(NCCO)c(O)[n+]([O-])c1N. The number of aliphatic hydroxyl groups excluding tert-OH is 1. The Morgan fingerprint density at radius 1 is 1.50 bits per heavy atom. The third-order valence-electron chi connectivity index (χ3n) is 1.52. The van der Waals surface area contributed by atoms with Crippen molar-refractivity contribution < 1.29 is 14.9 Å². The molecule has 1 heterocycles. The van der Waals surface area contributed by atoms with Crippen LogP contribution in [0.2, 0.25) is 0 Å². The van der Waals surface area contributed by atoms with Crippen molar-refractivity contribution in [3.05, 3.63) is 5.21 Å². The number of aromatic hydroxyl groups is 1. The van der Waals surface area contributed by atoms with Crippen molar-refractivity contribution in [2.45, 2.75) is 0 Å². The third-order valence-corrected chi connectivity index (χ3v) is 1.52. The van der Waals surface area contributed by atoms with E-state index in [1.165, 1.54) is 0 Å². The van der Waals surface area contributed by atoms with Gasteiger partial charge in [-0.25, -0.2) is 0 Å². The quantitative estimate of drug-likeness (QED) is 0.280. The van der Waals surface area contributed by atoms with Crippen molar-refractivity contribution in [3.8, 4) is 5.88 Å². The average Bonchev–Trinajstić information content (AvgIpc) is 2.18. The van der Waals surface area contributed by atoms with Crippen molar-refractivity contribution in [2.75, 3.05) is 29.9 Å². The van der Waals surface area contributed by atoms with E-state index in [0.717, 1.165) is 0 Å². The summed E-state index contributed by atoms with van der Waals surface area (Å²) in [6.07, 6.45) is 0.